The summed E-state index contributed by atoms with van der Waals surface area (Å²) in [6.45, 7) is 0.981. The molecule has 3 atom stereocenters. The lowest BCUT2D eigenvalue weighted by Crippen LogP contribution is -2.57. The van der Waals surface area contributed by atoms with Crippen molar-refractivity contribution >= 4 is 15.7 Å². The maximum atomic E-state index is 13.9. The summed E-state index contributed by atoms with van der Waals surface area (Å²) in [5, 5.41) is 3.35. The summed E-state index contributed by atoms with van der Waals surface area (Å²) in [7, 11) is -3.28. The van der Waals surface area contributed by atoms with E-state index in [2.05, 4.69) is 5.32 Å². The van der Waals surface area contributed by atoms with Crippen LogP contribution in [0, 0.1) is 11.6 Å². The maximum absolute atomic E-state index is 13.9. The number of hydrogen-bond donors (Lipinski definition) is 2. The van der Waals surface area contributed by atoms with Gasteiger partial charge in [-0.25, -0.2) is 17.2 Å². The number of anilines is 1. The lowest BCUT2D eigenvalue weighted by Gasteiger charge is -2.37. The van der Waals surface area contributed by atoms with Crippen LogP contribution in [-0.4, -0.2) is 43.6 Å². The highest BCUT2D eigenvalue weighted by Crippen LogP contribution is 2.26. The van der Waals surface area contributed by atoms with Crippen molar-refractivity contribution in [3.63, 3.8) is 0 Å². The first-order valence-electron chi connectivity index (χ1n) is 7.84. The minimum atomic E-state index is -3.28. The van der Waals surface area contributed by atoms with Crippen LogP contribution in [0.25, 0.3) is 0 Å². The fourth-order valence-corrected chi connectivity index (χ4v) is 5.23. The van der Waals surface area contributed by atoms with E-state index in [-0.39, 0.29) is 35.5 Å². The fraction of sp³-hybridized carbons (Fsp3) is 0.600. The van der Waals surface area contributed by atoms with Gasteiger partial charge in [0.1, 0.15) is 11.6 Å². The van der Waals surface area contributed by atoms with Crippen molar-refractivity contribution in [3.8, 4) is 0 Å². The van der Waals surface area contributed by atoms with Crippen LogP contribution >= 0.6 is 0 Å². The summed E-state index contributed by atoms with van der Waals surface area (Å²) < 4.78 is 53.6. The Morgan fingerprint density at radius 3 is 2.83 bits per heavy atom. The number of nitrogen functional groups attached to an aromatic ring is 1. The molecule has 23 heavy (non-hydrogen) atoms. The van der Waals surface area contributed by atoms with Gasteiger partial charge < -0.3 is 11.1 Å². The number of halogens is 2. The molecule has 3 unspecified atom stereocenters. The van der Waals surface area contributed by atoms with Gasteiger partial charge in [-0.15, -0.1) is 0 Å². The Morgan fingerprint density at radius 1 is 1.30 bits per heavy atom. The molecule has 0 amide bonds. The SMILES string of the molecule is Nc1c(F)ccc(F)c1CCC1CNC2CCCS(=O)(=O)N1C2. The number of rotatable bonds is 3. The Morgan fingerprint density at radius 2 is 2.04 bits per heavy atom. The van der Waals surface area contributed by atoms with E-state index in [0.717, 1.165) is 18.6 Å². The van der Waals surface area contributed by atoms with Crippen LogP contribution < -0.4 is 11.1 Å². The molecule has 2 heterocycles. The molecule has 2 fully saturated rings. The van der Waals surface area contributed by atoms with Crippen LogP contribution in [0.1, 0.15) is 24.8 Å². The first kappa shape index (κ1) is 16.6. The largest absolute Gasteiger partial charge is 0.396 e. The molecule has 2 bridgehead atoms. The van der Waals surface area contributed by atoms with Gasteiger partial charge >= 0.3 is 0 Å². The number of nitrogens with two attached hydrogens (primary N) is 1. The van der Waals surface area contributed by atoms with Crippen molar-refractivity contribution in [2.24, 2.45) is 0 Å². The number of hydrogen-bond acceptors (Lipinski definition) is 4. The molecule has 0 aromatic heterocycles. The molecule has 8 heteroatoms. The normalized spacial score (nSPS) is 29.9. The molecular weight excluding hydrogens is 324 g/mol. The molecule has 5 nitrogen and oxygen atoms in total. The minimum absolute atomic E-state index is 0.124. The number of piperazine rings is 1. The van der Waals surface area contributed by atoms with Crippen molar-refractivity contribution in [2.45, 2.75) is 37.8 Å². The van der Waals surface area contributed by atoms with Crippen LogP contribution in [0.5, 0.6) is 0 Å². The zero-order valence-electron chi connectivity index (χ0n) is 12.8. The molecule has 3 rings (SSSR count). The Kier molecular flexibility index (Phi) is 4.57. The Bertz CT molecular complexity index is 696. The van der Waals surface area contributed by atoms with Gasteiger partial charge in [0.05, 0.1) is 11.4 Å². The average Bonchev–Trinajstić information content (AvgIpc) is 2.62. The van der Waals surface area contributed by atoms with Crippen molar-refractivity contribution < 1.29 is 17.2 Å². The zero-order valence-corrected chi connectivity index (χ0v) is 13.6. The predicted molar refractivity (Wildman–Crippen MR) is 84.4 cm³/mol. The molecule has 1 aromatic rings. The van der Waals surface area contributed by atoms with E-state index < -0.39 is 21.7 Å². The molecule has 128 valence electrons. The molecule has 0 saturated carbocycles. The number of benzene rings is 1. The van der Waals surface area contributed by atoms with Gasteiger partial charge in [-0.05, 0) is 37.8 Å². The molecule has 0 spiro atoms. The summed E-state index contributed by atoms with van der Waals surface area (Å²) in [5.41, 5.74) is 5.55. The van der Waals surface area contributed by atoms with Gasteiger partial charge in [-0.2, -0.15) is 4.31 Å². The highest BCUT2D eigenvalue weighted by molar-refractivity contribution is 7.89. The second-order valence-corrected chi connectivity index (χ2v) is 8.29. The Hall–Kier alpha value is -1.25. The van der Waals surface area contributed by atoms with Gasteiger partial charge in [0.2, 0.25) is 10.0 Å². The van der Waals surface area contributed by atoms with Crippen LogP contribution in [0.2, 0.25) is 0 Å². The molecule has 1 aromatic carbocycles. The van der Waals surface area contributed by atoms with Gasteiger partial charge in [-0.3, -0.25) is 0 Å². The highest BCUT2D eigenvalue weighted by Gasteiger charge is 2.37. The highest BCUT2D eigenvalue weighted by atomic mass is 32.2. The molecular formula is C15H21F2N3O2S. The van der Waals surface area contributed by atoms with Crippen molar-refractivity contribution in [3.05, 3.63) is 29.3 Å². The summed E-state index contributed by atoms with van der Waals surface area (Å²) >= 11 is 0. The van der Waals surface area contributed by atoms with E-state index in [1.54, 1.807) is 0 Å². The second-order valence-electron chi connectivity index (χ2n) is 6.25. The number of nitrogens with one attached hydrogen (secondary N) is 1. The van der Waals surface area contributed by atoms with Crippen LogP contribution in [0.15, 0.2) is 12.1 Å². The Balaban J connectivity index is 1.77. The quantitative estimate of drug-likeness (QED) is 0.809. The molecule has 3 N–H and O–H groups in total. The van der Waals surface area contributed by atoms with Gasteiger partial charge in [0.25, 0.3) is 0 Å². The van der Waals surface area contributed by atoms with E-state index in [9.17, 15) is 17.2 Å². The van der Waals surface area contributed by atoms with Crippen LogP contribution in [0.4, 0.5) is 14.5 Å². The van der Waals surface area contributed by atoms with Crippen LogP contribution in [-0.2, 0) is 16.4 Å². The third-order valence-electron chi connectivity index (χ3n) is 4.74. The van der Waals surface area contributed by atoms with Crippen molar-refractivity contribution in [1.29, 1.82) is 0 Å². The van der Waals surface area contributed by atoms with E-state index in [1.165, 1.54) is 4.31 Å². The average molecular weight is 345 g/mol. The minimum Gasteiger partial charge on any atom is -0.396 e. The smallest absolute Gasteiger partial charge is 0.214 e. The maximum Gasteiger partial charge on any atom is 0.214 e. The monoisotopic (exact) mass is 345 g/mol. The van der Waals surface area contributed by atoms with Crippen molar-refractivity contribution in [2.75, 3.05) is 24.6 Å². The fourth-order valence-electron chi connectivity index (χ4n) is 3.42. The molecule has 0 radical (unpaired) electrons. The van der Waals surface area contributed by atoms with E-state index >= 15 is 0 Å². The lowest BCUT2D eigenvalue weighted by molar-refractivity contribution is 0.216. The predicted octanol–water partition coefficient (Wildman–Crippen LogP) is 1.25. The first-order valence-corrected chi connectivity index (χ1v) is 9.44. The van der Waals surface area contributed by atoms with Crippen molar-refractivity contribution in [1.82, 2.24) is 9.62 Å². The summed E-state index contributed by atoms with van der Waals surface area (Å²) in [4.78, 5) is 0. The van der Waals surface area contributed by atoms with Gasteiger partial charge in [0, 0.05) is 30.7 Å². The number of fused-ring (bicyclic) bond motifs is 2. The third-order valence-corrected chi connectivity index (χ3v) is 6.70. The summed E-state index contributed by atoms with van der Waals surface area (Å²) in [6, 6.07) is 1.98. The topological polar surface area (TPSA) is 75.4 Å². The Labute approximate surface area is 134 Å². The molecule has 2 aliphatic rings. The number of sulfonamides is 1. The lowest BCUT2D eigenvalue weighted by atomic mass is 10.00. The van der Waals surface area contributed by atoms with E-state index in [4.69, 9.17) is 5.73 Å². The molecule has 0 aliphatic carbocycles. The van der Waals surface area contributed by atoms with Gasteiger partial charge in [-0.1, -0.05) is 0 Å². The van der Waals surface area contributed by atoms with E-state index in [1.807, 2.05) is 0 Å². The third kappa shape index (κ3) is 3.34. The summed E-state index contributed by atoms with van der Waals surface area (Å²) in [6.07, 6.45) is 2.10. The second kappa shape index (κ2) is 6.33. The first-order chi connectivity index (χ1) is 10.9. The number of nitrogens with zero attached hydrogens (tertiary/aromatic N) is 1. The molecule has 2 aliphatic heterocycles. The van der Waals surface area contributed by atoms with E-state index in [0.29, 0.717) is 25.9 Å². The zero-order chi connectivity index (χ0) is 16.6. The van der Waals surface area contributed by atoms with Gasteiger partial charge in [0.15, 0.2) is 0 Å². The van der Waals surface area contributed by atoms with Crippen LogP contribution in [0.3, 0.4) is 0 Å². The molecule has 2 saturated heterocycles. The standard InChI is InChI=1S/C15H21F2N3O2S/c16-13-5-6-14(17)15(18)12(13)4-3-11-8-19-10-2-1-7-23(21,22)20(11)9-10/h5-6,10-11,19H,1-4,7-9,18H2. The summed E-state index contributed by atoms with van der Waals surface area (Å²) in [5.74, 6) is -1.05.